The van der Waals surface area contributed by atoms with Gasteiger partial charge in [0.2, 0.25) is 11.9 Å². The van der Waals surface area contributed by atoms with Crippen LogP contribution < -0.4 is 21.3 Å². The number of rotatable bonds is 8. The van der Waals surface area contributed by atoms with E-state index < -0.39 is 0 Å². The molecule has 19 heavy (non-hydrogen) atoms. The Kier molecular flexibility index (Phi) is 5.71. The van der Waals surface area contributed by atoms with Gasteiger partial charge >= 0.3 is 6.01 Å². The number of hydrazine groups is 1. The van der Waals surface area contributed by atoms with Gasteiger partial charge in [-0.2, -0.15) is 15.0 Å². The number of aromatic nitrogens is 3. The Morgan fingerprint density at radius 1 is 1.11 bits per heavy atom. The van der Waals surface area contributed by atoms with Crippen LogP contribution in [0.15, 0.2) is 0 Å². The third kappa shape index (κ3) is 5.23. The summed E-state index contributed by atoms with van der Waals surface area (Å²) in [6.45, 7) is 9.44. The molecule has 0 aromatic carbocycles. The number of nitrogens with two attached hydrogens (primary N) is 1. The third-order valence-corrected chi connectivity index (χ3v) is 2.22. The van der Waals surface area contributed by atoms with Crippen LogP contribution in [0.25, 0.3) is 0 Å². The topological polar surface area (TPSA) is 107 Å². The largest absolute Gasteiger partial charge is 0.464 e. The first-order chi connectivity index (χ1) is 9.00. The number of anilines is 2. The summed E-state index contributed by atoms with van der Waals surface area (Å²) in [5.74, 6) is 5.94. The second-order valence-electron chi connectivity index (χ2n) is 4.39. The second-order valence-corrected chi connectivity index (χ2v) is 4.39. The SMILES string of the molecule is CCOc1nc(NN)nc(NCC(C)(C)OCC)n1. The lowest BCUT2D eigenvalue weighted by Gasteiger charge is -2.24. The van der Waals surface area contributed by atoms with Gasteiger partial charge in [-0.3, -0.25) is 5.43 Å². The summed E-state index contributed by atoms with van der Waals surface area (Å²) in [6.07, 6.45) is 0. The van der Waals surface area contributed by atoms with Gasteiger partial charge in [0.25, 0.3) is 0 Å². The zero-order valence-electron chi connectivity index (χ0n) is 11.9. The molecule has 0 aliphatic rings. The van der Waals surface area contributed by atoms with Gasteiger partial charge in [0.1, 0.15) is 0 Å². The Bertz CT molecular complexity index is 399. The van der Waals surface area contributed by atoms with Crippen molar-refractivity contribution in [2.75, 3.05) is 30.5 Å². The Hall–Kier alpha value is -1.67. The summed E-state index contributed by atoms with van der Waals surface area (Å²) in [4.78, 5) is 12.2. The highest BCUT2D eigenvalue weighted by Crippen LogP contribution is 2.13. The Balaban J connectivity index is 2.74. The fourth-order valence-electron chi connectivity index (χ4n) is 1.43. The van der Waals surface area contributed by atoms with Crippen LogP contribution in [0, 0.1) is 0 Å². The van der Waals surface area contributed by atoms with Gasteiger partial charge in [0.15, 0.2) is 0 Å². The molecule has 0 atom stereocenters. The van der Waals surface area contributed by atoms with Crippen molar-refractivity contribution in [3.63, 3.8) is 0 Å². The predicted molar refractivity (Wildman–Crippen MR) is 73.0 cm³/mol. The lowest BCUT2D eigenvalue weighted by Crippen LogP contribution is -2.34. The van der Waals surface area contributed by atoms with Gasteiger partial charge in [0.05, 0.1) is 12.2 Å². The van der Waals surface area contributed by atoms with Crippen LogP contribution >= 0.6 is 0 Å². The zero-order chi connectivity index (χ0) is 14.3. The molecule has 0 saturated carbocycles. The van der Waals surface area contributed by atoms with Crippen molar-refractivity contribution in [2.24, 2.45) is 5.84 Å². The summed E-state index contributed by atoms with van der Waals surface area (Å²) >= 11 is 0. The van der Waals surface area contributed by atoms with Crippen LogP contribution in [0.3, 0.4) is 0 Å². The first kappa shape index (κ1) is 15.4. The number of nitrogen functional groups attached to an aromatic ring is 1. The van der Waals surface area contributed by atoms with Crippen molar-refractivity contribution in [3.05, 3.63) is 0 Å². The molecule has 1 aromatic rings. The van der Waals surface area contributed by atoms with Crippen LogP contribution in [-0.2, 0) is 4.74 Å². The van der Waals surface area contributed by atoms with Gasteiger partial charge < -0.3 is 14.8 Å². The van der Waals surface area contributed by atoms with Crippen LogP contribution in [0.2, 0.25) is 0 Å². The molecule has 0 bridgehead atoms. The lowest BCUT2D eigenvalue weighted by molar-refractivity contribution is 0.000567. The third-order valence-electron chi connectivity index (χ3n) is 2.22. The summed E-state index contributed by atoms with van der Waals surface area (Å²) < 4.78 is 10.8. The molecule has 0 amide bonds. The van der Waals surface area contributed by atoms with Gasteiger partial charge in [-0.05, 0) is 27.7 Å². The quantitative estimate of drug-likeness (QED) is 0.470. The lowest BCUT2D eigenvalue weighted by atomic mass is 10.1. The van der Waals surface area contributed by atoms with E-state index in [0.29, 0.717) is 25.7 Å². The fraction of sp³-hybridized carbons (Fsp3) is 0.727. The molecular weight excluding hydrogens is 248 g/mol. The second kappa shape index (κ2) is 7.05. The highest BCUT2D eigenvalue weighted by molar-refractivity contribution is 5.35. The van der Waals surface area contributed by atoms with Crippen LogP contribution in [0.1, 0.15) is 27.7 Å². The zero-order valence-corrected chi connectivity index (χ0v) is 11.9. The number of nitrogens with one attached hydrogen (secondary N) is 2. The normalized spacial score (nSPS) is 11.2. The van der Waals surface area contributed by atoms with Gasteiger partial charge in [-0.1, -0.05) is 0 Å². The average Bonchev–Trinajstić information content (AvgIpc) is 2.36. The van der Waals surface area contributed by atoms with Gasteiger partial charge in [-0.25, -0.2) is 5.84 Å². The number of hydrogen-bond acceptors (Lipinski definition) is 8. The van der Waals surface area contributed by atoms with E-state index in [9.17, 15) is 0 Å². The molecule has 0 spiro atoms. The molecule has 0 aliphatic heterocycles. The van der Waals surface area contributed by atoms with E-state index in [-0.39, 0.29) is 17.6 Å². The average molecular weight is 270 g/mol. The first-order valence-electron chi connectivity index (χ1n) is 6.24. The van der Waals surface area contributed by atoms with E-state index in [1.807, 2.05) is 27.7 Å². The maximum atomic E-state index is 5.58. The smallest absolute Gasteiger partial charge is 0.323 e. The molecule has 8 heteroatoms. The minimum atomic E-state index is -0.316. The molecule has 0 fully saturated rings. The van der Waals surface area contributed by atoms with Crippen LogP contribution in [0.5, 0.6) is 6.01 Å². The van der Waals surface area contributed by atoms with Crippen molar-refractivity contribution in [1.29, 1.82) is 0 Å². The van der Waals surface area contributed by atoms with Crippen molar-refractivity contribution < 1.29 is 9.47 Å². The summed E-state index contributed by atoms with van der Waals surface area (Å²) in [7, 11) is 0. The Morgan fingerprint density at radius 3 is 2.37 bits per heavy atom. The molecule has 108 valence electrons. The molecule has 4 N–H and O–H groups in total. The van der Waals surface area contributed by atoms with Crippen molar-refractivity contribution >= 4 is 11.9 Å². The van der Waals surface area contributed by atoms with Crippen LogP contribution in [0.4, 0.5) is 11.9 Å². The maximum Gasteiger partial charge on any atom is 0.323 e. The van der Waals surface area contributed by atoms with E-state index in [4.69, 9.17) is 15.3 Å². The van der Waals surface area contributed by atoms with Crippen molar-refractivity contribution in [1.82, 2.24) is 15.0 Å². The monoisotopic (exact) mass is 270 g/mol. The summed E-state index contributed by atoms with van der Waals surface area (Å²) in [5.41, 5.74) is 2.06. The number of nitrogens with zero attached hydrogens (tertiary/aromatic N) is 3. The highest BCUT2D eigenvalue weighted by atomic mass is 16.5. The maximum absolute atomic E-state index is 5.58. The van der Waals surface area contributed by atoms with Crippen molar-refractivity contribution in [3.8, 4) is 6.01 Å². The van der Waals surface area contributed by atoms with E-state index in [1.165, 1.54) is 0 Å². The molecule has 8 nitrogen and oxygen atoms in total. The van der Waals surface area contributed by atoms with E-state index in [2.05, 4.69) is 25.7 Å². The Morgan fingerprint density at radius 2 is 1.79 bits per heavy atom. The first-order valence-corrected chi connectivity index (χ1v) is 6.24. The molecule has 0 unspecified atom stereocenters. The van der Waals surface area contributed by atoms with E-state index >= 15 is 0 Å². The summed E-state index contributed by atoms with van der Waals surface area (Å²) in [6, 6.07) is 0.224. The standard InChI is InChI=1S/C11H22N6O2/c1-5-18-10-15-8(14-9(16-10)17-12)13-7-11(3,4)19-6-2/h5-7,12H2,1-4H3,(H2,13,14,15,16,17). The molecular formula is C11H22N6O2. The Labute approximate surface area is 113 Å². The van der Waals surface area contributed by atoms with Crippen LogP contribution in [-0.4, -0.2) is 40.3 Å². The van der Waals surface area contributed by atoms with E-state index in [1.54, 1.807) is 0 Å². The van der Waals surface area contributed by atoms with Gasteiger partial charge in [-0.15, -0.1) is 0 Å². The van der Waals surface area contributed by atoms with Gasteiger partial charge in [0, 0.05) is 13.2 Å². The number of ether oxygens (including phenoxy) is 2. The number of hydrogen-bond donors (Lipinski definition) is 3. The predicted octanol–water partition coefficient (Wildman–Crippen LogP) is 0.783. The molecule has 0 saturated heterocycles. The highest BCUT2D eigenvalue weighted by Gasteiger charge is 2.18. The molecule has 0 aliphatic carbocycles. The fourth-order valence-corrected chi connectivity index (χ4v) is 1.43. The molecule has 1 rings (SSSR count). The molecule has 1 aromatic heterocycles. The van der Waals surface area contributed by atoms with Crippen molar-refractivity contribution in [2.45, 2.75) is 33.3 Å². The summed E-state index contributed by atoms with van der Waals surface area (Å²) in [5, 5.41) is 3.08. The molecule has 0 radical (unpaired) electrons. The minimum absolute atomic E-state index is 0.224. The van der Waals surface area contributed by atoms with E-state index in [0.717, 1.165) is 0 Å². The molecule has 1 heterocycles. The minimum Gasteiger partial charge on any atom is -0.464 e.